The molecule has 0 bridgehead atoms. The molecule has 3 rings (SSSR count). The van der Waals surface area contributed by atoms with Gasteiger partial charge in [-0.1, -0.05) is 48.0 Å². The highest BCUT2D eigenvalue weighted by Crippen LogP contribution is 2.20. The smallest absolute Gasteiger partial charge is 0.0467 e. The quantitative estimate of drug-likeness (QED) is 0.754. The average molecular weight is 235 g/mol. The summed E-state index contributed by atoms with van der Waals surface area (Å²) in [6.45, 7) is 3.08. The van der Waals surface area contributed by atoms with Crippen LogP contribution in [0.4, 0.5) is 0 Å². The fourth-order valence-corrected chi connectivity index (χ4v) is 2.51. The Morgan fingerprint density at radius 3 is 2.72 bits per heavy atom. The van der Waals surface area contributed by atoms with Crippen LogP contribution in [-0.2, 0) is 12.8 Å². The van der Waals surface area contributed by atoms with Gasteiger partial charge >= 0.3 is 0 Å². The number of nitrogens with zero attached hydrogens (tertiary/aromatic N) is 1. The van der Waals surface area contributed by atoms with Crippen LogP contribution in [0.5, 0.6) is 0 Å². The number of hydrogen-bond donors (Lipinski definition) is 0. The van der Waals surface area contributed by atoms with E-state index < -0.39 is 0 Å². The highest BCUT2D eigenvalue weighted by Gasteiger charge is 2.14. The van der Waals surface area contributed by atoms with Crippen molar-refractivity contribution in [2.24, 2.45) is 4.99 Å². The normalized spacial score (nSPS) is 13.9. The summed E-state index contributed by atoms with van der Waals surface area (Å²) in [4.78, 5) is 4.72. The Hall–Kier alpha value is -1.89. The molecular formula is C17H17N. The van der Waals surface area contributed by atoms with Crippen LogP contribution in [0.25, 0.3) is 0 Å². The Morgan fingerprint density at radius 1 is 1.06 bits per heavy atom. The van der Waals surface area contributed by atoms with E-state index in [-0.39, 0.29) is 0 Å². The van der Waals surface area contributed by atoms with Gasteiger partial charge in [0.2, 0.25) is 0 Å². The summed E-state index contributed by atoms with van der Waals surface area (Å²) in [6.07, 6.45) is 2.02. The van der Waals surface area contributed by atoms with Gasteiger partial charge in [-0.2, -0.15) is 0 Å². The lowest BCUT2D eigenvalue weighted by atomic mass is 9.92. The van der Waals surface area contributed by atoms with Crippen LogP contribution in [0.2, 0.25) is 0 Å². The molecule has 0 N–H and O–H groups in total. The molecule has 0 unspecified atom stereocenters. The van der Waals surface area contributed by atoms with Crippen LogP contribution in [0, 0.1) is 6.92 Å². The van der Waals surface area contributed by atoms with E-state index in [9.17, 15) is 0 Å². The third kappa shape index (κ3) is 2.21. The van der Waals surface area contributed by atoms with E-state index in [1.807, 2.05) is 0 Å². The summed E-state index contributed by atoms with van der Waals surface area (Å²) in [6, 6.07) is 17.3. The third-order valence-corrected chi connectivity index (χ3v) is 3.47. The summed E-state index contributed by atoms with van der Waals surface area (Å²) in [5, 5.41) is 0. The Bertz CT molecular complexity index is 582. The summed E-state index contributed by atoms with van der Waals surface area (Å²) in [5.74, 6) is 0. The van der Waals surface area contributed by atoms with Crippen molar-refractivity contribution in [2.75, 3.05) is 6.54 Å². The topological polar surface area (TPSA) is 12.4 Å². The van der Waals surface area contributed by atoms with Gasteiger partial charge in [0, 0.05) is 18.7 Å². The van der Waals surface area contributed by atoms with Crippen molar-refractivity contribution in [1.82, 2.24) is 0 Å². The molecule has 0 radical (unpaired) electrons. The van der Waals surface area contributed by atoms with Gasteiger partial charge in [0.15, 0.2) is 0 Å². The van der Waals surface area contributed by atoms with E-state index in [1.165, 1.54) is 28.0 Å². The van der Waals surface area contributed by atoms with Crippen molar-refractivity contribution in [1.29, 1.82) is 0 Å². The Balaban J connectivity index is 1.95. The number of benzene rings is 2. The molecule has 1 aliphatic heterocycles. The first-order chi connectivity index (χ1) is 8.83. The Labute approximate surface area is 108 Å². The molecule has 90 valence electrons. The van der Waals surface area contributed by atoms with Gasteiger partial charge < -0.3 is 0 Å². The summed E-state index contributed by atoms with van der Waals surface area (Å²) in [7, 11) is 0. The van der Waals surface area contributed by atoms with Crippen LogP contribution in [0.3, 0.4) is 0 Å². The van der Waals surface area contributed by atoms with Crippen molar-refractivity contribution in [3.8, 4) is 0 Å². The van der Waals surface area contributed by atoms with E-state index in [4.69, 9.17) is 4.99 Å². The van der Waals surface area contributed by atoms with Gasteiger partial charge in [0.25, 0.3) is 0 Å². The summed E-state index contributed by atoms with van der Waals surface area (Å²) >= 11 is 0. The number of hydrogen-bond acceptors (Lipinski definition) is 1. The zero-order valence-corrected chi connectivity index (χ0v) is 10.7. The van der Waals surface area contributed by atoms with Crippen LogP contribution >= 0.6 is 0 Å². The molecule has 1 heterocycles. The lowest BCUT2D eigenvalue weighted by molar-refractivity contribution is 0.933. The van der Waals surface area contributed by atoms with Crippen LogP contribution in [-0.4, -0.2) is 12.3 Å². The molecular weight excluding hydrogens is 218 g/mol. The fraction of sp³-hybridized carbons (Fsp3) is 0.235. The second kappa shape index (κ2) is 4.77. The van der Waals surface area contributed by atoms with Crippen molar-refractivity contribution in [2.45, 2.75) is 19.8 Å². The van der Waals surface area contributed by atoms with Gasteiger partial charge in [-0.3, -0.25) is 4.99 Å². The number of fused-ring (bicyclic) bond motifs is 1. The minimum Gasteiger partial charge on any atom is -0.288 e. The van der Waals surface area contributed by atoms with Crippen LogP contribution in [0.15, 0.2) is 53.5 Å². The number of rotatable bonds is 2. The molecule has 0 saturated heterocycles. The first-order valence-corrected chi connectivity index (χ1v) is 6.50. The van der Waals surface area contributed by atoms with Crippen molar-refractivity contribution < 1.29 is 0 Å². The first-order valence-electron chi connectivity index (χ1n) is 6.50. The van der Waals surface area contributed by atoms with Crippen molar-refractivity contribution in [3.05, 3.63) is 70.8 Å². The third-order valence-electron chi connectivity index (χ3n) is 3.47. The SMILES string of the molecule is Cc1ccc2c(c1)C(Cc1ccccc1)=NCC2. The molecule has 1 aliphatic rings. The molecule has 0 spiro atoms. The second-order valence-electron chi connectivity index (χ2n) is 4.90. The fourth-order valence-electron chi connectivity index (χ4n) is 2.51. The van der Waals surface area contributed by atoms with Gasteiger partial charge in [-0.05, 0) is 36.1 Å². The predicted molar refractivity (Wildman–Crippen MR) is 76.4 cm³/mol. The average Bonchev–Trinajstić information content (AvgIpc) is 2.41. The molecule has 0 aromatic heterocycles. The van der Waals surface area contributed by atoms with Gasteiger partial charge in [0.1, 0.15) is 0 Å². The van der Waals surface area contributed by atoms with E-state index in [1.54, 1.807) is 0 Å². The first kappa shape index (κ1) is 11.2. The molecule has 0 amide bonds. The molecule has 0 atom stereocenters. The number of aliphatic imine (C=N–C) groups is 1. The van der Waals surface area contributed by atoms with Crippen LogP contribution in [0.1, 0.15) is 22.3 Å². The maximum absolute atomic E-state index is 4.72. The molecule has 2 aromatic rings. The standard InChI is InChI=1S/C17H17N/c1-13-7-8-15-9-10-18-17(16(15)11-13)12-14-5-3-2-4-6-14/h2-8,11H,9-10,12H2,1H3. The second-order valence-corrected chi connectivity index (χ2v) is 4.90. The zero-order chi connectivity index (χ0) is 12.4. The zero-order valence-electron chi connectivity index (χ0n) is 10.7. The highest BCUT2D eigenvalue weighted by molar-refractivity contribution is 6.03. The molecule has 1 heteroatoms. The molecule has 0 saturated carbocycles. The van der Waals surface area contributed by atoms with Crippen molar-refractivity contribution >= 4 is 5.71 Å². The van der Waals surface area contributed by atoms with Crippen molar-refractivity contribution in [3.63, 3.8) is 0 Å². The lowest BCUT2D eigenvalue weighted by Crippen LogP contribution is -2.15. The summed E-state index contributed by atoms with van der Waals surface area (Å²) < 4.78 is 0. The summed E-state index contributed by atoms with van der Waals surface area (Å²) in [5.41, 5.74) is 6.69. The van der Waals surface area contributed by atoms with Crippen LogP contribution < -0.4 is 0 Å². The molecule has 0 aliphatic carbocycles. The number of aryl methyl sites for hydroxylation is 1. The van der Waals surface area contributed by atoms with Gasteiger partial charge in [0.05, 0.1) is 0 Å². The van der Waals surface area contributed by atoms with Gasteiger partial charge in [-0.25, -0.2) is 0 Å². The minimum atomic E-state index is 0.929. The van der Waals surface area contributed by atoms with E-state index >= 15 is 0 Å². The Kier molecular flexibility index (Phi) is 2.97. The van der Waals surface area contributed by atoms with E-state index in [0.717, 1.165) is 19.4 Å². The molecule has 2 aromatic carbocycles. The maximum atomic E-state index is 4.72. The monoisotopic (exact) mass is 235 g/mol. The molecule has 18 heavy (non-hydrogen) atoms. The molecule has 1 nitrogen and oxygen atoms in total. The van der Waals surface area contributed by atoms with E-state index in [2.05, 4.69) is 55.5 Å². The lowest BCUT2D eigenvalue weighted by Gasteiger charge is -2.17. The molecule has 0 fully saturated rings. The van der Waals surface area contributed by atoms with Gasteiger partial charge in [-0.15, -0.1) is 0 Å². The highest BCUT2D eigenvalue weighted by atomic mass is 14.7. The Morgan fingerprint density at radius 2 is 1.89 bits per heavy atom. The van der Waals surface area contributed by atoms with E-state index in [0.29, 0.717) is 0 Å². The predicted octanol–water partition coefficient (Wildman–Crippen LogP) is 3.58. The largest absolute Gasteiger partial charge is 0.288 e. The maximum Gasteiger partial charge on any atom is 0.0467 e. The minimum absolute atomic E-state index is 0.929.